The van der Waals surface area contributed by atoms with E-state index in [4.69, 9.17) is 10.5 Å². The molecule has 160 valence electrons. The number of sulfonamides is 1. The number of hydrogen-bond donors (Lipinski definition) is 2. The van der Waals surface area contributed by atoms with Gasteiger partial charge in [0.05, 0.1) is 36.9 Å². The molecule has 1 aromatic carbocycles. The molecule has 0 unspecified atom stereocenters. The number of pyridine rings is 1. The van der Waals surface area contributed by atoms with Crippen LogP contribution in [0.25, 0.3) is 22.3 Å². The third-order valence-corrected chi connectivity index (χ3v) is 5.21. The highest BCUT2D eigenvalue weighted by Gasteiger charge is 2.30. The number of ether oxygens (including phenoxy) is 1. The molecular weight excluding hydrogens is 430 g/mol. The van der Waals surface area contributed by atoms with Crippen molar-refractivity contribution in [3.8, 4) is 17.0 Å². The zero-order chi connectivity index (χ0) is 22.1. The Morgan fingerprint density at radius 3 is 2.57 bits per heavy atom. The van der Waals surface area contributed by atoms with Crippen molar-refractivity contribution >= 4 is 32.7 Å². The largest absolute Gasteiger partial charge is 0.494 e. The Morgan fingerprint density at radius 1 is 1.20 bits per heavy atom. The lowest BCUT2D eigenvalue weighted by atomic mass is 10.1. The second-order valence-electron chi connectivity index (χ2n) is 6.15. The van der Waals surface area contributed by atoms with Crippen LogP contribution < -0.4 is 15.2 Å². The molecule has 13 heteroatoms. The third kappa shape index (κ3) is 5.03. The van der Waals surface area contributed by atoms with E-state index in [1.54, 1.807) is 0 Å². The summed E-state index contributed by atoms with van der Waals surface area (Å²) in [5.41, 5.74) is 6.30. The first kappa shape index (κ1) is 21.5. The molecule has 0 amide bonds. The van der Waals surface area contributed by atoms with Crippen LogP contribution in [-0.4, -0.2) is 42.4 Å². The minimum atomic E-state index is -4.65. The minimum absolute atomic E-state index is 0.0172. The first-order valence-corrected chi connectivity index (χ1v) is 9.97. The maximum Gasteiger partial charge on any atom is 0.390 e. The average molecular weight is 445 g/mol. The summed E-state index contributed by atoms with van der Waals surface area (Å²) in [4.78, 5) is 12.2. The van der Waals surface area contributed by atoms with Crippen LogP contribution in [-0.2, 0) is 10.0 Å². The van der Waals surface area contributed by atoms with Crippen LogP contribution >= 0.6 is 0 Å². The monoisotopic (exact) mass is 445 g/mol. The molecule has 0 bridgehead atoms. The molecule has 0 aliphatic rings. The smallest absolute Gasteiger partial charge is 0.390 e. The van der Waals surface area contributed by atoms with E-state index in [1.807, 2.05) is 4.72 Å². The van der Waals surface area contributed by atoms with Crippen molar-refractivity contribution in [1.29, 1.82) is 0 Å². The molecule has 2 heterocycles. The van der Waals surface area contributed by atoms with E-state index in [1.165, 1.54) is 25.4 Å². The molecule has 0 aliphatic carbocycles. The molecule has 3 rings (SSSR count). The van der Waals surface area contributed by atoms with Gasteiger partial charge in [0, 0.05) is 11.6 Å². The second kappa shape index (κ2) is 7.89. The van der Waals surface area contributed by atoms with Gasteiger partial charge in [0.2, 0.25) is 16.0 Å². The van der Waals surface area contributed by atoms with Crippen molar-refractivity contribution in [2.24, 2.45) is 0 Å². The number of anilines is 2. The number of nitrogens with two attached hydrogens (primary N) is 1. The van der Waals surface area contributed by atoms with E-state index in [0.717, 1.165) is 12.1 Å². The number of benzene rings is 1. The fourth-order valence-electron chi connectivity index (χ4n) is 2.54. The number of halogens is 4. The lowest BCUT2D eigenvalue weighted by Crippen LogP contribution is -2.22. The van der Waals surface area contributed by atoms with Crippen molar-refractivity contribution in [3.63, 3.8) is 0 Å². The average Bonchev–Trinajstić information content (AvgIpc) is 2.66. The van der Waals surface area contributed by atoms with Crippen molar-refractivity contribution in [2.75, 3.05) is 23.3 Å². The molecule has 0 saturated carbocycles. The fraction of sp³-hybridized carbons (Fsp3) is 0.235. The highest BCUT2D eigenvalue weighted by molar-refractivity contribution is 7.92. The third-order valence-electron chi connectivity index (χ3n) is 3.93. The number of aromatic nitrogens is 3. The molecule has 0 radical (unpaired) electrons. The topological polar surface area (TPSA) is 120 Å². The predicted molar refractivity (Wildman–Crippen MR) is 102 cm³/mol. The number of fused-ring (bicyclic) bond motifs is 1. The number of alkyl halides is 3. The second-order valence-corrected chi connectivity index (χ2v) is 7.99. The van der Waals surface area contributed by atoms with E-state index in [-0.39, 0.29) is 17.2 Å². The van der Waals surface area contributed by atoms with Gasteiger partial charge in [0.15, 0.2) is 0 Å². The van der Waals surface area contributed by atoms with E-state index in [2.05, 4.69) is 15.0 Å². The molecule has 0 atom stereocenters. The van der Waals surface area contributed by atoms with Crippen LogP contribution in [0.1, 0.15) is 6.42 Å². The number of hydrogen-bond acceptors (Lipinski definition) is 7. The van der Waals surface area contributed by atoms with Crippen LogP contribution in [0.3, 0.4) is 0 Å². The molecule has 2 aromatic heterocycles. The molecular formula is C17H15F4N5O3S. The van der Waals surface area contributed by atoms with E-state index < -0.39 is 39.9 Å². The summed E-state index contributed by atoms with van der Waals surface area (Å²) >= 11 is 0. The number of nitrogens with zero attached hydrogens (tertiary/aromatic N) is 3. The van der Waals surface area contributed by atoms with Crippen molar-refractivity contribution in [1.82, 2.24) is 15.0 Å². The normalized spacial score (nSPS) is 12.2. The Morgan fingerprint density at radius 2 is 1.93 bits per heavy atom. The number of nitrogen functional groups attached to an aromatic ring is 1. The van der Waals surface area contributed by atoms with Crippen molar-refractivity contribution in [3.05, 3.63) is 36.3 Å². The van der Waals surface area contributed by atoms with Gasteiger partial charge in [0.25, 0.3) is 0 Å². The first-order valence-electron chi connectivity index (χ1n) is 8.32. The van der Waals surface area contributed by atoms with Crippen LogP contribution in [0.2, 0.25) is 0 Å². The van der Waals surface area contributed by atoms with Gasteiger partial charge >= 0.3 is 6.18 Å². The van der Waals surface area contributed by atoms with Gasteiger partial charge in [0.1, 0.15) is 22.6 Å². The van der Waals surface area contributed by atoms with E-state index in [9.17, 15) is 26.0 Å². The molecule has 3 aromatic rings. The zero-order valence-corrected chi connectivity index (χ0v) is 16.2. The molecule has 0 spiro atoms. The molecule has 0 fully saturated rings. The van der Waals surface area contributed by atoms with Gasteiger partial charge < -0.3 is 10.5 Å². The summed E-state index contributed by atoms with van der Waals surface area (Å²) in [5, 5.41) is 0. The maximum atomic E-state index is 14.4. The maximum absolute atomic E-state index is 14.4. The Balaban J connectivity index is 1.91. The highest BCUT2D eigenvalue weighted by atomic mass is 32.2. The molecule has 3 N–H and O–H groups in total. The number of nitrogens with one attached hydrogen (secondary N) is 1. The van der Waals surface area contributed by atoms with Crippen LogP contribution in [0, 0.1) is 5.82 Å². The van der Waals surface area contributed by atoms with Gasteiger partial charge in [-0.15, -0.1) is 0 Å². The van der Waals surface area contributed by atoms with E-state index >= 15 is 0 Å². The Kier molecular flexibility index (Phi) is 5.65. The van der Waals surface area contributed by atoms with Crippen molar-refractivity contribution < 1.29 is 30.7 Å². The van der Waals surface area contributed by atoms with Gasteiger partial charge in [-0.25, -0.2) is 27.8 Å². The van der Waals surface area contributed by atoms with Crippen LogP contribution in [0.15, 0.2) is 30.5 Å². The van der Waals surface area contributed by atoms with Crippen LogP contribution in [0.4, 0.5) is 29.2 Å². The molecule has 0 aliphatic heterocycles. The summed E-state index contributed by atoms with van der Waals surface area (Å²) in [7, 11) is -2.99. The van der Waals surface area contributed by atoms with E-state index in [0.29, 0.717) is 16.8 Å². The Bertz CT molecular complexity index is 1200. The molecule has 30 heavy (non-hydrogen) atoms. The fourth-order valence-corrected chi connectivity index (χ4v) is 3.64. The SMILES string of the molecule is COc1cc(-c2ccc(NS(=O)(=O)CCC(F)(F)F)c(F)c2)nc2cnc(N)nc12. The van der Waals surface area contributed by atoms with Gasteiger partial charge in [-0.3, -0.25) is 4.72 Å². The minimum Gasteiger partial charge on any atom is -0.494 e. The van der Waals surface area contributed by atoms with Crippen molar-refractivity contribution in [2.45, 2.75) is 12.6 Å². The molecule has 0 saturated heterocycles. The number of methoxy groups -OCH3 is 1. The van der Waals surface area contributed by atoms with Gasteiger partial charge in [-0.05, 0) is 12.1 Å². The summed E-state index contributed by atoms with van der Waals surface area (Å²) in [6.45, 7) is 0. The molecule has 8 nitrogen and oxygen atoms in total. The summed E-state index contributed by atoms with van der Waals surface area (Å²) in [5.74, 6) is -1.88. The lowest BCUT2D eigenvalue weighted by molar-refractivity contribution is -0.129. The summed E-state index contributed by atoms with van der Waals surface area (Å²) in [6.07, 6.45) is -4.83. The Labute approximate surface area is 168 Å². The van der Waals surface area contributed by atoms with Gasteiger partial charge in [-0.1, -0.05) is 6.07 Å². The standard InChI is InChI=1S/C17H15F4N5O3S/c1-29-14-7-12(24-13-8-23-16(22)25-15(13)14)9-2-3-11(10(18)6-9)26-30(27,28)5-4-17(19,20)21/h2-3,6-8,26H,4-5H2,1H3,(H2,22,23,25). The van der Waals surface area contributed by atoms with Crippen LogP contribution in [0.5, 0.6) is 5.75 Å². The highest BCUT2D eigenvalue weighted by Crippen LogP contribution is 2.30. The predicted octanol–water partition coefficient (Wildman–Crippen LogP) is 3.12. The number of rotatable bonds is 6. The first-order chi connectivity index (χ1) is 14.0. The van der Waals surface area contributed by atoms with Gasteiger partial charge in [-0.2, -0.15) is 13.2 Å². The quantitative estimate of drug-likeness (QED) is 0.560. The zero-order valence-electron chi connectivity index (χ0n) is 15.4. The summed E-state index contributed by atoms with van der Waals surface area (Å²) < 4.78 is 81.8. The Hall–Kier alpha value is -3.22. The lowest BCUT2D eigenvalue weighted by Gasteiger charge is -2.12. The summed E-state index contributed by atoms with van der Waals surface area (Å²) in [6, 6.07) is 4.92.